The molecule has 0 aromatic carbocycles. The molecule has 2 rings (SSSR count). The van der Waals surface area contributed by atoms with Gasteiger partial charge >= 0.3 is 13.5 Å². The number of nitrogens with one attached hydrogen (secondary N) is 1. The van der Waals surface area contributed by atoms with Crippen molar-refractivity contribution < 1.29 is 33.8 Å². The van der Waals surface area contributed by atoms with Gasteiger partial charge in [-0.15, -0.1) is 0 Å². The second-order valence-corrected chi connectivity index (χ2v) is 5.51. The zero-order valence-corrected chi connectivity index (χ0v) is 11.3. The van der Waals surface area contributed by atoms with E-state index in [4.69, 9.17) is 19.6 Å². The van der Waals surface area contributed by atoms with E-state index in [-0.39, 0.29) is 0 Å². The van der Waals surface area contributed by atoms with Crippen LogP contribution in [0.2, 0.25) is 0 Å². The lowest BCUT2D eigenvalue weighted by Gasteiger charge is -2.22. The number of phosphoric acid groups is 1. The van der Waals surface area contributed by atoms with Gasteiger partial charge in [0.15, 0.2) is 6.23 Å². The molecule has 1 aliphatic rings. The molecule has 11 nitrogen and oxygen atoms in total. The lowest BCUT2D eigenvalue weighted by molar-refractivity contribution is -0.0544. The van der Waals surface area contributed by atoms with Crippen LogP contribution in [0.15, 0.2) is 21.9 Å². The van der Waals surface area contributed by atoms with Gasteiger partial charge in [-0.1, -0.05) is 0 Å². The lowest BCUT2D eigenvalue weighted by Crippen LogP contribution is -2.38. The SMILES string of the molecule is O=c1ccn([C@H]2O[C@H](CO)[C@@H](O)[C@H]2OP(=O)(O)O)c(=O)[nH]1. The van der Waals surface area contributed by atoms with Crippen LogP contribution in [-0.4, -0.2) is 54.5 Å². The Morgan fingerprint density at radius 1 is 1.43 bits per heavy atom. The number of aliphatic hydroxyl groups is 2. The van der Waals surface area contributed by atoms with Gasteiger partial charge in [0, 0.05) is 12.3 Å². The monoisotopic (exact) mass is 324 g/mol. The van der Waals surface area contributed by atoms with Gasteiger partial charge in [-0.3, -0.25) is 18.9 Å². The molecule has 1 aromatic heterocycles. The van der Waals surface area contributed by atoms with Crippen molar-refractivity contribution in [1.29, 1.82) is 0 Å². The minimum atomic E-state index is -4.98. The van der Waals surface area contributed by atoms with Crippen molar-refractivity contribution in [2.45, 2.75) is 24.5 Å². The van der Waals surface area contributed by atoms with E-state index in [1.165, 1.54) is 0 Å². The molecule has 0 bridgehead atoms. The molecule has 0 spiro atoms. The molecule has 12 heteroatoms. The first kappa shape index (κ1) is 16.0. The van der Waals surface area contributed by atoms with Gasteiger partial charge in [0.25, 0.3) is 5.56 Å². The van der Waals surface area contributed by atoms with Crippen LogP contribution < -0.4 is 11.2 Å². The van der Waals surface area contributed by atoms with Crippen LogP contribution in [0.25, 0.3) is 0 Å². The Morgan fingerprint density at radius 2 is 2.10 bits per heavy atom. The number of ether oxygens (including phenoxy) is 1. The third-order valence-corrected chi connectivity index (χ3v) is 3.40. The number of hydrogen-bond donors (Lipinski definition) is 5. The summed E-state index contributed by atoms with van der Waals surface area (Å²) in [6.07, 6.45) is -4.79. The van der Waals surface area contributed by atoms with Crippen LogP contribution >= 0.6 is 7.82 Å². The maximum Gasteiger partial charge on any atom is 0.470 e. The zero-order chi connectivity index (χ0) is 15.8. The molecule has 0 aliphatic carbocycles. The van der Waals surface area contributed by atoms with E-state index in [1.54, 1.807) is 0 Å². The van der Waals surface area contributed by atoms with Crippen molar-refractivity contribution in [3.63, 3.8) is 0 Å². The molecular formula is C9H13N2O9P. The predicted octanol–water partition coefficient (Wildman–Crippen LogP) is -2.73. The van der Waals surface area contributed by atoms with E-state index in [9.17, 15) is 19.3 Å². The fourth-order valence-electron chi connectivity index (χ4n) is 1.99. The summed E-state index contributed by atoms with van der Waals surface area (Å²) in [5, 5.41) is 18.9. The number of aromatic amines is 1. The van der Waals surface area contributed by atoms with Crippen molar-refractivity contribution in [3.05, 3.63) is 33.1 Å². The Balaban J connectivity index is 2.41. The maximum absolute atomic E-state index is 11.7. The highest BCUT2D eigenvalue weighted by atomic mass is 31.2. The Labute approximate surface area is 116 Å². The van der Waals surface area contributed by atoms with E-state index in [1.807, 2.05) is 4.98 Å². The van der Waals surface area contributed by atoms with Gasteiger partial charge < -0.3 is 24.7 Å². The normalized spacial score (nSPS) is 29.7. The molecule has 1 aliphatic heterocycles. The minimum absolute atomic E-state index is 0.656. The van der Waals surface area contributed by atoms with Crippen LogP contribution in [0.3, 0.4) is 0 Å². The number of aliphatic hydroxyl groups excluding tert-OH is 2. The fraction of sp³-hybridized carbons (Fsp3) is 0.556. The second-order valence-electron chi connectivity index (χ2n) is 4.32. The van der Waals surface area contributed by atoms with Crippen molar-refractivity contribution in [1.82, 2.24) is 9.55 Å². The smallest absolute Gasteiger partial charge is 0.394 e. The third-order valence-electron chi connectivity index (χ3n) is 2.88. The minimum Gasteiger partial charge on any atom is -0.394 e. The molecule has 0 radical (unpaired) electrons. The maximum atomic E-state index is 11.7. The molecule has 4 atom stereocenters. The molecule has 2 heterocycles. The summed E-state index contributed by atoms with van der Waals surface area (Å²) in [6, 6.07) is 0.984. The molecule has 1 fully saturated rings. The average molecular weight is 324 g/mol. The number of phosphoric ester groups is 1. The Hall–Kier alpha value is -1.33. The highest BCUT2D eigenvalue weighted by molar-refractivity contribution is 7.46. The van der Waals surface area contributed by atoms with Crippen LogP contribution in [-0.2, 0) is 13.8 Å². The van der Waals surface area contributed by atoms with Crippen molar-refractivity contribution >= 4 is 7.82 Å². The van der Waals surface area contributed by atoms with E-state index >= 15 is 0 Å². The molecule has 0 amide bonds. The van der Waals surface area contributed by atoms with Gasteiger partial charge in [-0.25, -0.2) is 9.36 Å². The van der Waals surface area contributed by atoms with Crippen molar-refractivity contribution in [2.75, 3.05) is 6.61 Å². The largest absolute Gasteiger partial charge is 0.470 e. The number of rotatable bonds is 4. The highest BCUT2D eigenvalue weighted by Gasteiger charge is 2.48. The van der Waals surface area contributed by atoms with E-state index in [0.717, 1.165) is 16.8 Å². The quantitative estimate of drug-likeness (QED) is 0.368. The van der Waals surface area contributed by atoms with E-state index in [2.05, 4.69) is 4.52 Å². The fourth-order valence-corrected chi connectivity index (χ4v) is 2.54. The molecule has 1 aromatic rings. The van der Waals surface area contributed by atoms with Crippen LogP contribution in [0.5, 0.6) is 0 Å². The van der Waals surface area contributed by atoms with Crippen molar-refractivity contribution in [3.8, 4) is 0 Å². The van der Waals surface area contributed by atoms with Gasteiger partial charge in [0.2, 0.25) is 0 Å². The molecular weight excluding hydrogens is 311 g/mol. The van der Waals surface area contributed by atoms with Crippen molar-refractivity contribution in [2.24, 2.45) is 0 Å². The predicted molar refractivity (Wildman–Crippen MR) is 65.2 cm³/mol. The topological polar surface area (TPSA) is 171 Å². The Bertz CT molecular complexity index is 664. The summed E-state index contributed by atoms with van der Waals surface area (Å²) >= 11 is 0. The van der Waals surface area contributed by atoms with Gasteiger partial charge in [0.05, 0.1) is 6.61 Å². The first-order chi connectivity index (χ1) is 9.73. The van der Waals surface area contributed by atoms with Gasteiger partial charge in [-0.05, 0) is 0 Å². The second kappa shape index (κ2) is 5.81. The van der Waals surface area contributed by atoms with E-state index in [0.29, 0.717) is 0 Å². The molecule has 0 saturated carbocycles. The van der Waals surface area contributed by atoms with Crippen LogP contribution in [0.1, 0.15) is 6.23 Å². The standard InChI is InChI=1S/C9H13N2O9P/c12-3-4-6(14)7(20-21(16,17)18)8(19-4)11-2-1-5(13)10-9(11)15/h1-2,4,6-8,12,14H,3H2,(H,10,13,15)(H2,16,17,18)/t4-,6-,7-,8+/m1/s1. The lowest BCUT2D eigenvalue weighted by atomic mass is 10.1. The summed E-state index contributed by atoms with van der Waals surface area (Å²) in [6.45, 7) is -0.656. The first-order valence-corrected chi connectivity index (χ1v) is 7.26. The first-order valence-electron chi connectivity index (χ1n) is 5.73. The zero-order valence-electron chi connectivity index (χ0n) is 10.4. The van der Waals surface area contributed by atoms with Crippen LogP contribution in [0, 0.1) is 0 Å². The molecule has 0 unspecified atom stereocenters. The third kappa shape index (κ3) is 3.47. The average Bonchev–Trinajstić information content (AvgIpc) is 2.65. The number of hydrogen-bond acceptors (Lipinski definition) is 7. The number of H-pyrrole nitrogens is 1. The number of aromatic nitrogens is 2. The van der Waals surface area contributed by atoms with E-state index < -0.39 is 50.2 Å². The summed E-state index contributed by atoms with van der Waals surface area (Å²) < 4.78 is 21.3. The summed E-state index contributed by atoms with van der Waals surface area (Å²) in [5.41, 5.74) is -1.60. The molecule has 21 heavy (non-hydrogen) atoms. The summed E-state index contributed by atoms with van der Waals surface area (Å²) in [5.74, 6) is 0. The summed E-state index contributed by atoms with van der Waals surface area (Å²) in [4.78, 5) is 42.3. The van der Waals surface area contributed by atoms with Gasteiger partial charge in [-0.2, -0.15) is 0 Å². The number of nitrogens with zero attached hydrogens (tertiary/aromatic N) is 1. The Kier molecular flexibility index (Phi) is 4.44. The Morgan fingerprint density at radius 3 is 2.62 bits per heavy atom. The van der Waals surface area contributed by atoms with Gasteiger partial charge in [0.1, 0.15) is 18.3 Å². The molecule has 5 N–H and O–H groups in total. The molecule has 1 saturated heterocycles. The highest BCUT2D eigenvalue weighted by Crippen LogP contribution is 2.44. The van der Waals surface area contributed by atoms with Crippen LogP contribution in [0.4, 0.5) is 0 Å². The summed E-state index contributed by atoms with van der Waals surface area (Å²) in [7, 11) is -4.98. The molecule has 118 valence electrons.